The molecule has 0 saturated heterocycles. The van der Waals surface area contributed by atoms with E-state index in [1.165, 1.54) is 13.0 Å². The molecule has 31 heavy (non-hydrogen) atoms. The molecular weight excluding hydrogens is 402 g/mol. The Balaban J connectivity index is 1.72. The van der Waals surface area contributed by atoms with Gasteiger partial charge in [-0.1, -0.05) is 0 Å². The van der Waals surface area contributed by atoms with E-state index in [1.54, 1.807) is 47.0 Å². The smallest absolute Gasteiger partial charge is 0.264 e. The van der Waals surface area contributed by atoms with Crippen molar-refractivity contribution in [1.82, 2.24) is 20.0 Å². The van der Waals surface area contributed by atoms with Crippen molar-refractivity contribution in [2.24, 2.45) is 7.05 Å². The molecule has 0 atom stereocenters. The average molecular weight is 428 g/mol. The Bertz CT molecular complexity index is 1070. The Morgan fingerprint density at radius 1 is 1.26 bits per heavy atom. The lowest BCUT2D eigenvalue weighted by Gasteiger charge is -2.33. The minimum Gasteiger partial charge on any atom is -0.391 e. The van der Waals surface area contributed by atoms with Crippen LogP contribution in [0.4, 0.5) is 14.5 Å². The summed E-state index contributed by atoms with van der Waals surface area (Å²) < 4.78 is 29.5. The van der Waals surface area contributed by atoms with Crippen molar-refractivity contribution in [3.05, 3.63) is 46.9 Å². The molecule has 0 saturated carbocycles. The third-order valence-electron chi connectivity index (χ3n) is 6.05. The van der Waals surface area contributed by atoms with Crippen molar-refractivity contribution in [2.45, 2.75) is 26.2 Å². The number of amidine groups is 1. The zero-order valence-electron chi connectivity index (χ0n) is 17.9. The molecule has 0 bridgehead atoms. The fraction of sp³-hybridized carbons (Fsp3) is 0.409. The standard InChI is InChI=1S/C22H26F2N6O/c1-13(31)29-6-5-19(26-2)18(12-29)22(25)30-7-4-14-8-16(15-10-27-28(3)11-15)17(21(23)24)9-20(14)30/h8-11,21,25-26H,4-7,12H2,1-3H3. The highest BCUT2D eigenvalue weighted by Gasteiger charge is 2.31. The molecule has 0 radical (unpaired) electrons. The number of halogens is 2. The average Bonchev–Trinajstić information content (AvgIpc) is 3.37. The van der Waals surface area contributed by atoms with Crippen molar-refractivity contribution in [3.63, 3.8) is 0 Å². The number of hydrogen-bond donors (Lipinski definition) is 2. The zero-order valence-corrected chi connectivity index (χ0v) is 17.9. The topological polar surface area (TPSA) is 77.2 Å². The highest BCUT2D eigenvalue weighted by atomic mass is 19.3. The van der Waals surface area contributed by atoms with Gasteiger partial charge in [0.1, 0.15) is 5.84 Å². The number of aromatic nitrogens is 2. The largest absolute Gasteiger partial charge is 0.391 e. The molecule has 2 aromatic rings. The number of benzene rings is 1. The van der Waals surface area contributed by atoms with Crippen LogP contribution < -0.4 is 10.2 Å². The first-order chi connectivity index (χ1) is 14.8. The number of nitrogens with zero attached hydrogens (tertiary/aromatic N) is 4. The molecule has 9 heteroatoms. The maximum Gasteiger partial charge on any atom is 0.264 e. The third kappa shape index (κ3) is 3.80. The summed E-state index contributed by atoms with van der Waals surface area (Å²) in [6, 6.07) is 3.31. The second-order valence-corrected chi connectivity index (χ2v) is 7.92. The monoisotopic (exact) mass is 428 g/mol. The molecule has 0 unspecified atom stereocenters. The number of carbonyl (C=O) groups excluding carboxylic acids is 1. The zero-order chi connectivity index (χ0) is 22.3. The summed E-state index contributed by atoms with van der Waals surface area (Å²) in [6.45, 7) is 2.99. The van der Waals surface area contributed by atoms with Crippen LogP contribution in [0.3, 0.4) is 0 Å². The summed E-state index contributed by atoms with van der Waals surface area (Å²) in [5.41, 5.74) is 4.27. The van der Waals surface area contributed by atoms with Gasteiger partial charge in [-0.05, 0) is 29.7 Å². The van der Waals surface area contributed by atoms with E-state index in [4.69, 9.17) is 5.41 Å². The van der Waals surface area contributed by atoms with Crippen LogP contribution in [0.25, 0.3) is 11.1 Å². The lowest BCUT2D eigenvalue weighted by atomic mass is 9.97. The number of carbonyl (C=O) groups is 1. The van der Waals surface area contributed by atoms with Gasteiger partial charge in [-0.15, -0.1) is 0 Å². The van der Waals surface area contributed by atoms with E-state index >= 15 is 0 Å². The van der Waals surface area contributed by atoms with Gasteiger partial charge in [-0.3, -0.25) is 14.9 Å². The van der Waals surface area contributed by atoms with E-state index in [0.29, 0.717) is 49.3 Å². The van der Waals surface area contributed by atoms with E-state index in [1.807, 2.05) is 0 Å². The second kappa shape index (κ2) is 8.13. The maximum atomic E-state index is 14.0. The normalized spacial score (nSPS) is 16.2. The first-order valence-electron chi connectivity index (χ1n) is 10.3. The van der Waals surface area contributed by atoms with Crippen molar-refractivity contribution in [1.29, 1.82) is 5.41 Å². The Morgan fingerprint density at radius 3 is 2.65 bits per heavy atom. The molecule has 2 aliphatic rings. The Hall–Kier alpha value is -3.23. The summed E-state index contributed by atoms with van der Waals surface area (Å²) in [5.74, 6) is 0.215. The number of nitrogens with one attached hydrogen (secondary N) is 2. The molecule has 164 valence electrons. The summed E-state index contributed by atoms with van der Waals surface area (Å²) in [7, 11) is 3.56. The second-order valence-electron chi connectivity index (χ2n) is 7.92. The van der Waals surface area contributed by atoms with E-state index < -0.39 is 6.43 Å². The number of anilines is 1. The molecule has 0 fully saturated rings. The molecule has 3 heterocycles. The highest BCUT2D eigenvalue weighted by Crippen LogP contribution is 2.40. The first kappa shape index (κ1) is 21.0. The predicted molar refractivity (Wildman–Crippen MR) is 115 cm³/mol. The van der Waals surface area contributed by atoms with Crippen LogP contribution in [0, 0.1) is 5.41 Å². The van der Waals surface area contributed by atoms with Crippen LogP contribution in [-0.2, 0) is 18.3 Å². The van der Waals surface area contributed by atoms with E-state index in [-0.39, 0.29) is 17.3 Å². The van der Waals surface area contributed by atoms with E-state index in [9.17, 15) is 13.6 Å². The van der Waals surface area contributed by atoms with Crippen LogP contribution in [0.2, 0.25) is 0 Å². The quantitative estimate of drug-likeness (QED) is 0.580. The minimum atomic E-state index is -2.65. The van der Waals surface area contributed by atoms with Gasteiger partial charge < -0.3 is 15.1 Å². The number of hydrogen-bond acceptors (Lipinski definition) is 4. The van der Waals surface area contributed by atoms with Crippen molar-refractivity contribution in [2.75, 3.05) is 31.6 Å². The fourth-order valence-corrected chi connectivity index (χ4v) is 4.36. The van der Waals surface area contributed by atoms with E-state index in [0.717, 1.165) is 16.8 Å². The number of rotatable bonds is 4. The lowest BCUT2D eigenvalue weighted by Crippen LogP contribution is -2.43. The van der Waals surface area contributed by atoms with Crippen LogP contribution in [-0.4, -0.2) is 53.1 Å². The maximum absolute atomic E-state index is 14.0. The van der Waals surface area contributed by atoms with Gasteiger partial charge in [0.15, 0.2) is 0 Å². The fourth-order valence-electron chi connectivity index (χ4n) is 4.36. The van der Waals surface area contributed by atoms with Crippen LogP contribution >= 0.6 is 0 Å². The van der Waals surface area contributed by atoms with Crippen molar-refractivity contribution in [3.8, 4) is 11.1 Å². The molecule has 2 N–H and O–H groups in total. The van der Waals surface area contributed by atoms with E-state index in [2.05, 4.69) is 10.4 Å². The summed E-state index contributed by atoms with van der Waals surface area (Å²) in [5, 5.41) is 16.1. The van der Waals surface area contributed by atoms with Gasteiger partial charge in [0, 0.05) is 74.8 Å². The molecule has 0 aliphatic carbocycles. The number of fused-ring (bicyclic) bond motifs is 1. The first-order valence-corrected chi connectivity index (χ1v) is 10.3. The molecule has 4 rings (SSSR count). The van der Waals surface area contributed by atoms with Crippen LogP contribution in [0.1, 0.15) is 30.9 Å². The van der Waals surface area contributed by atoms with Gasteiger partial charge in [0.05, 0.1) is 12.7 Å². The molecule has 2 aliphatic heterocycles. The van der Waals surface area contributed by atoms with Crippen molar-refractivity contribution < 1.29 is 13.6 Å². The molecule has 0 spiro atoms. The Kier molecular flexibility index (Phi) is 5.51. The summed E-state index contributed by atoms with van der Waals surface area (Å²) in [6.07, 6.45) is 1.96. The van der Waals surface area contributed by atoms with Gasteiger partial charge in [-0.2, -0.15) is 5.10 Å². The Labute approximate surface area is 179 Å². The SMILES string of the molecule is CNC1=C(C(=N)N2CCc3cc(-c4cnn(C)c4)c(C(F)F)cc32)CN(C(C)=O)CC1. The van der Waals surface area contributed by atoms with Gasteiger partial charge in [-0.25, -0.2) is 8.78 Å². The van der Waals surface area contributed by atoms with Gasteiger partial charge >= 0.3 is 0 Å². The molecule has 1 aromatic carbocycles. The third-order valence-corrected chi connectivity index (χ3v) is 6.05. The molecule has 1 aromatic heterocycles. The minimum absolute atomic E-state index is 0.0385. The molecule has 1 amide bonds. The molecular formula is C22H26F2N6O. The summed E-state index contributed by atoms with van der Waals surface area (Å²) >= 11 is 0. The molecule has 7 nitrogen and oxygen atoms in total. The van der Waals surface area contributed by atoms with Crippen LogP contribution in [0.5, 0.6) is 0 Å². The highest BCUT2D eigenvalue weighted by molar-refractivity contribution is 6.10. The number of amides is 1. The van der Waals surface area contributed by atoms with Crippen LogP contribution in [0.15, 0.2) is 35.8 Å². The number of aryl methyl sites for hydroxylation is 1. The Morgan fingerprint density at radius 2 is 2.03 bits per heavy atom. The van der Waals surface area contributed by atoms with Gasteiger partial charge in [0.25, 0.3) is 6.43 Å². The van der Waals surface area contributed by atoms with Crippen molar-refractivity contribution >= 4 is 17.4 Å². The number of alkyl halides is 2. The lowest BCUT2D eigenvalue weighted by molar-refractivity contribution is -0.128. The summed E-state index contributed by atoms with van der Waals surface area (Å²) in [4.78, 5) is 15.4. The predicted octanol–water partition coefficient (Wildman–Crippen LogP) is 3.09. The van der Waals surface area contributed by atoms with Gasteiger partial charge in [0.2, 0.25) is 5.91 Å².